The zero-order valence-corrected chi connectivity index (χ0v) is 13.6. The molecule has 0 aliphatic rings. The summed E-state index contributed by atoms with van der Waals surface area (Å²) in [5, 5.41) is 0. The summed E-state index contributed by atoms with van der Waals surface area (Å²) in [7, 11) is 1.71. The molecule has 0 atom stereocenters. The molecule has 0 N–H and O–H groups in total. The maximum Gasteiger partial charge on any atom is 0.151 e. The lowest BCUT2D eigenvalue weighted by Crippen LogP contribution is -2.23. The zero-order chi connectivity index (χ0) is 15.5. The minimum absolute atomic E-state index is 0.0387. The van der Waals surface area contributed by atoms with E-state index in [1.54, 1.807) is 13.2 Å². The number of rotatable bonds is 7. The molecule has 0 unspecified atom stereocenters. The smallest absolute Gasteiger partial charge is 0.151 e. The Balaban J connectivity index is 2.40. The van der Waals surface area contributed by atoms with Crippen molar-refractivity contribution >= 4 is 22.6 Å². The molecule has 1 heterocycles. The van der Waals surface area contributed by atoms with E-state index in [2.05, 4.69) is 23.4 Å². The zero-order valence-electron chi connectivity index (χ0n) is 12.8. The summed E-state index contributed by atoms with van der Waals surface area (Å²) in [5.74, 6) is 1.04. The monoisotopic (exact) mass is 312 g/mol. The third-order valence-electron chi connectivity index (χ3n) is 3.70. The molecule has 0 fully saturated rings. The Morgan fingerprint density at radius 2 is 2.14 bits per heavy atom. The average molecular weight is 313 g/mol. The summed E-state index contributed by atoms with van der Waals surface area (Å²) in [5.41, 5.74) is 1.30. The van der Waals surface area contributed by atoms with Crippen LogP contribution >= 0.6 is 11.6 Å². The molecule has 0 amide bonds. The predicted molar refractivity (Wildman–Crippen MR) is 84.4 cm³/mol. The Labute approximate surface area is 130 Å². The van der Waals surface area contributed by atoms with Gasteiger partial charge in [-0.15, -0.1) is 11.6 Å². The van der Waals surface area contributed by atoms with Crippen LogP contribution in [0.3, 0.4) is 0 Å². The van der Waals surface area contributed by atoms with E-state index in [0.717, 1.165) is 24.3 Å². The fourth-order valence-electron chi connectivity index (χ4n) is 2.50. The van der Waals surface area contributed by atoms with E-state index in [4.69, 9.17) is 16.3 Å². The highest BCUT2D eigenvalue weighted by atomic mass is 35.5. The van der Waals surface area contributed by atoms with Gasteiger partial charge in [-0.25, -0.2) is 9.37 Å². The number of nitrogens with zero attached hydrogens (tertiary/aromatic N) is 2. The van der Waals surface area contributed by atoms with Crippen molar-refractivity contribution in [2.75, 3.05) is 19.6 Å². The quantitative estimate of drug-likeness (QED) is 0.722. The molecule has 0 spiro atoms. The number of benzene rings is 1. The predicted octanol–water partition coefficient (Wildman–Crippen LogP) is 4.02. The number of halogens is 2. The van der Waals surface area contributed by atoms with Gasteiger partial charge in [0, 0.05) is 32.6 Å². The van der Waals surface area contributed by atoms with Crippen LogP contribution in [0.4, 0.5) is 4.39 Å². The number of para-hydroxylation sites is 1. The van der Waals surface area contributed by atoms with Crippen LogP contribution in [0.5, 0.6) is 0 Å². The molecule has 1 aromatic carbocycles. The van der Waals surface area contributed by atoms with Gasteiger partial charge in [0.05, 0.1) is 5.52 Å². The first kappa shape index (κ1) is 16.2. The molecule has 0 bridgehead atoms. The second-order valence-corrected chi connectivity index (χ2v) is 6.45. The standard InChI is InChI=1S/C16H22ClFN2O/c1-16(2,8-10-21-3)11-20-13-6-4-5-12(18)15(13)19-14(20)7-9-17/h4-6H,7-11H2,1-3H3. The summed E-state index contributed by atoms with van der Waals surface area (Å²) in [6, 6.07) is 5.08. The second-order valence-electron chi connectivity index (χ2n) is 6.07. The largest absolute Gasteiger partial charge is 0.385 e. The first-order valence-electron chi connectivity index (χ1n) is 7.17. The number of alkyl halides is 1. The van der Waals surface area contributed by atoms with Crippen LogP contribution in [0.25, 0.3) is 11.0 Å². The van der Waals surface area contributed by atoms with Gasteiger partial charge in [-0.1, -0.05) is 19.9 Å². The molecule has 0 radical (unpaired) electrons. The first-order chi connectivity index (χ1) is 9.98. The molecule has 0 saturated heterocycles. The minimum Gasteiger partial charge on any atom is -0.385 e. The van der Waals surface area contributed by atoms with E-state index in [0.29, 0.717) is 24.4 Å². The van der Waals surface area contributed by atoms with Crippen LogP contribution in [0.1, 0.15) is 26.1 Å². The highest BCUT2D eigenvalue weighted by Crippen LogP contribution is 2.28. The Morgan fingerprint density at radius 3 is 2.81 bits per heavy atom. The van der Waals surface area contributed by atoms with E-state index < -0.39 is 0 Å². The highest BCUT2D eigenvalue weighted by molar-refractivity contribution is 6.17. The van der Waals surface area contributed by atoms with Gasteiger partial charge in [-0.05, 0) is 24.0 Å². The van der Waals surface area contributed by atoms with Gasteiger partial charge in [0.15, 0.2) is 5.82 Å². The summed E-state index contributed by atoms with van der Waals surface area (Å²) in [6.07, 6.45) is 1.56. The lowest BCUT2D eigenvalue weighted by Gasteiger charge is -2.26. The number of aryl methyl sites for hydroxylation is 1. The van der Waals surface area contributed by atoms with E-state index >= 15 is 0 Å². The molecule has 21 heavy (non-hydrogen) atoms. The molecule has 0 aliphatic heterocycles. The average Bonchev–Trinajstić information content (AvgIpc) is 2.77. The number of imidazole rings is 1. The Hall–Kier alpha value is -1.13. The molecular weight excluding hydrogens is 291 g/mol. The number of aromatic nitrogens is 2. The molecule has 0 aliphatic carbocycles. The Bertz CT molecular complexity index is 610. The highest BCUT2D eigenvalue weighted by Gasteiger charge is 2.22. The summed E-state index contributed by atoms with van der Waals surface area (Å²) in [4.78, 5) is 4.44. The fourth-order valence-corrected chi connectivity index (χ4v) is 2.67. The minimum atomic E-state index is -0.281. The van der Waals surface area contributed by atoms with Crippen LogP contribution < -0.4 is 0 Å². The van der Waals surface area contributed by atoms with Gasteiger partial charge in [-0.2, -0.15) is 0 Å². The molecule has 116 valence electrons. The van der Waals surface area contributed by atoms with E-state index in [-0.39, 0.29) is 11.2 Å². The number of ether oxygens (including phenoxy) is 1. The van der Waals surface area contributed by atoms with E-state index in [9.17, 15) is 4.39 Å². The second kappa shape index (κ2) is 6.75. The van der Waals surface area contributed by atoms with Crippen LogP contribution in [-0.4, -0.2) is 29.1 Å². The molecular formula is C16H22ClFN2O. The van der Waals surface area contributed by atoms with E-state index in [1.165, 1.54) is 6.07 Å². The van der Waals surface area contributed by atoms with Gasteiger partial charge in [0.25, 0.3) is 0 Å². The Morgan fingerprint density at radius 1 is 1.38 bits per heavy atom. The number of hydrogen-bond acceptors (Lipinski definition) is 2. The van der Waals surface area contributed by atoms with Crippen LogP contribution in [-0.2, 0) is 17.7 Å². The van der Waals surface area contributed by atoms with Gasteiger partial charge in [-0.3, -0.25) is 0 Å². The van der Waals surface area contributed by atoms with Crippen molar-refractivity contribution in [3.63, 3.8) is 0 Å². The number of methoxy groups -OCH3 is 1. The third kappa shape index (κ3) is 3.74. The third-order valence-corrected chi connectivity index (χ3v) is 3.88. The van der Waals surface area contributed by atoms with E-state index in [1.807, 2.05) is 6.07 Å². The normalized spacial score (nSPS) is 12.2. The maximum atomic E-state index is 13.9. The number of fused-ring (bicyclic) bond motifs is 1. The molecule has 0 saturated carbocycles. The lowest BCUT2D eigenvalue weighted by molar-refractivity contribution is 0.142. The number of hydrogen-bond donors (Lipinski definition) is 0. The van der Waals surface area contributed by atoms with Crippen LogP contribution in [0.2, 0.25) is 0 Å². The topological polar surface area (TPSA) is 27.1 Å². The fraction of sp³-hybridized carbons (Fsp3) is 0.562. The van der Waals surface area contributed by atoms with Crippen molar-refractivity contribution < 1.29 is 9.13 Å². The van der Waals surface area contributed by atoms with Crippen molar-refractivity contribution in [3.8, 4) is 0 Å². The molecule has 2 rings (SSSR count). The van der Waals surface area contributed by atoms with Crippen molar-refractivity contribution in [3.05, 3.63) is 29.8 Å². The Kier molecular flexibility index (Phi) is 5.22. The molecule has 3 nitrogen and oxygen atoms in total. The van der Waals surface area contributed by atoms with Crippen LogP contribution in [0, 0.1) is 11.2 Å². The van der Waals surface area contributed by atoms with Crippen molar-refractivity contribution in [1.82, 2.24) is 9.55 Å². The summed E-state index contributed by atoms with van der Waals surface area (Å²) < 4.78 is 21.2. The van der Waals surface area contributed by atoms with Crippen LogP contribution in [0.15, 0.2) is 18.2 Å². The first-order valence-corrected chi connectivity index (χ1v) is 7.70. The summed E-state index contributed by atoms with van der Waals surface area (Å²) in [6.45, 7) is 5.84. The maximum absolute atomic E-state index is 13.9. The van der Waals surface area contributed by atoms with Crippen molar-refractivity contribution in [1.29, 1.82) is 0 Å². The summed E-state index contributed by atoms with van der Waals surface area (Å²) >= 11 is 5.86. The van der Waals surface area contributed by atoms with Gasteiger partial charge < -0.3 is 9.30 Å². The lowest BCUT2D eigenvalue weighted by atomic mass is 9.89. The molecule has 5 heteroatoms. The SMILES string of the molecule is COCCC(C)(C)Cn1c(CCCl)nc2c(F)cccc21. The van der Waals surface area contributed by atoms with Gasteiger partial charge in [0.2, 0.25) is 0 Å². The van der Waals surface area contributed by atoms with Gasteiger partial charge >= 0.3 is 0 Å². The van der Waals surface area contributed by atoms with Crippen molar-refractivity contribution in [2.45, 2.75) is 33.2 Å². The van der Waals surface area contributed by atoms with Gasteiger partial charge in [0.1, 0.15) is 11.3 Å². The van der Waals surface area contributed by atoms with Crippen molar-refractivity contribution in [2.24, 2.45) is 5.41 Å². The molecule has 2 aromatic rings. The molecule has 1 aromatic heterocycles.